The number of ether oxygens (including phenoxy) is 1. The maximum absolute atomic E-state index is 13.8. The largest absolute Gasteiger partial charge is 0.478 e. The zero-order chi connectivity index (χ0) is 28.9. The Kier molecular flexibility index (Phi) is 9.77. The second-order valence-electron chi connectivity index (χ2n) is 12.4. The Balaban J connectivity index is 1.42. The Morgan fingerprint density at radius 1 is 1.02 bits per heavy atom. The summed E-state index contributed by atoms with van der Waals surface area (Å²) in [4.78, 5) is 33.1. The molecule has 2 heterocycles. The third kappa shape index (κ3) is 7.36. The van der Waals surface area contributed by atoms with Crippen molar-refractivity contribution in [3.05, 3.63) is 59.7 Å². The van der Waals surface area contributed by atoms with E-state index >= 15 is 0 Å². The highest BCUT2D eigenvalue weighted by molar-refractivity contribution is 5.85. The lowest BCUT2D eigenvalue weighted by Gasteiger charge is -2.38. The molecule has 0 aromatic heterocycles. The summed E-state index contributed by atoms with van der Waals surface area (Å²) in [6, 6.07) is 16.8. The van der Waals surface area contributed by atoms with E-state index in [-0.39, 0.29) is 23.8 Å². The molecule has 0 saturated carbocycles. The Morgan fingerprint density at radius 3 is 2.38 bits per heavy atom. The fraction of sp³-hybridized carbons (Fsp3) is 0.576. The zero-order valence-electron chi connectivity index (χ0n) is 25.3. The Morgan fingerprint density at radius 2 is 1.73 bits per heavy atom. The van der Waals surface area contributed by atoms with Crippen molar-refractivity contribution in [2.24, 2.45) is 5.92 Å². The molecule has 2 aliphatic heterocycles. The van der Waals surface area contributed by atoms with E-state index in [0.29, 0.717) is 37.8 Å². The van der Waals surface area contributed by atoms with Crippen molar-refractivity contribution in [2.45, 2.75) is 78.5 Å². The van der Waals surface area contributed by atoms with E-state index in [1.807, 2.05) is 41.8 Å². The van der Waals surface area contributed by atoms with Gasteiger partial charge < -0.3 is 24.8 Å². The number of piperazine rings is 1. The summed E-state index contributed by atoms with van der Waals surface area (Å²) >= 11 is 0. The van der Waals surface area contributed by atoms with Crippen LogP contribution < -0.4 is 15.0 Å². The van der Waals surface area contributed by atoms with Gasteiger partial charge in [-0.05, 0) is 69.7 Å². The third-order valence-electron chi connectivity index (χ3n) is 8.15. The molecule has 2 amide bonds. The van der Waals surface area contributed by atoms with Crippen molar-refractivity contribution < 1.29 is 14.3 Å². The predicted molar refractivity (Wildman–Crippen MR) is 162 cm³/mol. The summed E-state index contributed by atoms with van der Waals surface area (Å²) in [5.74, 6) is 1.35. The molecule has 0 bridgehead atoms. The van der Waals surface area contributed by atoms with Gasteiger partial charge in [0.05, 0.1) is 5.92 Å². The quantitative estimate of drug-likeness (QED) is 0.475. The second-order valence-corrected chi connectivity index (χ2v) is 12.4. The van der Waals surface area contributed by atoms with E-state index in [4.69, 9.17) is 4.74 Å². The fourth-order valence-corrected chi connectivity index (χ4v) is 5.70. The molecule has 2 aromatic rings. The van der Waals surface area contributed by atoms with E-state index in [9.17, 15) is 9.59 Å². The molecule has 4 rings (SSSR count). The number of rotatable bonds is 9. The fourth-order valence-electron chi connectivity index (χ4n) is 5.70. The molecule has 7 nitrogen and oxygen atoms in total. The van der Waals surface area contributed by atoms with Gasteiger partial charge in [-0.3, -0.25) is 9.59 Å². The zero-order valence-corrected chi connectivity index (χ0v) is 25.3. The van der Waals surface area contributed by atoms with E-state index < -0.39 is 5.60 Å². The van der Waals surface area contributed by atoms with Gasteiger partial charge in [-0.25, -0.2) is 0 Å². The highest BCUT2D eigenvalue weighted by Crippen LogP contribution is 2.30. The number of benzene rings is 2. The molecule has 2 fully saturated rings. The number of nitrogens with one attached hydrogen (secondary N) is 1. The highest BCUT2D eigenvalue weighted by atomic mass is 16.5. The van der Waals surface area contributed by atoms with Crippen LogP contribution in [0.3, 0.4) is 0 Å². The predicted octanol–water partition coefficient (Wildman–Crippen LogP) is 5.05. The summed E-state index contributed by atoms with van der Waals surface area (Å²) in [6.07, 6.45) is 1.86. The third-order valence-corrected chi connectivity index (χ3v) is 8.15. The van der Waals surface area contributed by atoms with E-state index in [0.717, 1.165) is 38.2 Å². The lowest BCUT2D eigenvalue weighted by molar-refractivity contribution is -0.146. The second kappa shape index (κ2) is 13.1. The molecule has 7 heteroatoms. The molecule has 2 aromatic carbocycles. The Bertz CT molecular complexity index is 1140. The molecule has 0 spiro atoms. The van der Waals surface area contributed by atoms with E-state index in [1.54, 1.807) is 0 Å². The van der Waals surface area contributed by atoms with Crippen LogP contribution >= 0.6 is 0 Å². The van der Waals surface area contributed by atoms with Crippen molar-refractivity contribution in [1.82, 2.24) is 15.1 Å². The van der Waals surface area contributed by atoms with Crippen molar-refractivity contribution >= 4 is 17.5 Å². The molecule has 40 heavy (non-hydrogen) atoms. The van der Waals surface area contributed by atoms with Crippen LogP contribution in [0.2, 0.25) is 0 Å². The summed E-state index contributed by atoms with van der Waals surface area (Å²) in [5, 5.41) is 3.29. The molecule has 218 valence electrons. The van der Waals surface area contributed by atoms with Crippen LogP contribution in [0.5, 0.6) is 5.75 Å². The number of nitrogens with zero attached hydrogens (tertiary/aromatic N) is 3. The number of piperidine rings is 1. The summed E-state index contributed by atoms with van der Waals surface area (Å²) < 4.78 is 6.27. The van der Waals surface area contributed by atoms with Crippen molar-refractivity contribution in [2.75, 3.05) is 44.2 Å². The molecule has 1 atom stereocenters. The smallest absolute Gasteiger partial charge is 0.266 e. The van der Waals surface area contributed by atoms with E-state index in [1.165, 1.54) is 11.1 Å². The monoisotopic (exact) mass is 548 g/mol. The van der Waals surface area contributed by atoms with Crippen LogP contribution in [0.15, 0.2) is 48.5 Å². The van der Waals surface area contributed by atoms with Gasteiger partial charge in [0.25, 0.3) is 5.91 Å². The van der Waals surface area contributed by atoms with Gasteiger partial charge in [-0.2, -0.15) is 0 Å². The molecule has 0 unspecified atom stereocenters. The standard InChI is InChI=1S/C33H48N4O3/c1-24(2)27-14-12-26(13-15-27)22-37(25(3)4)31(38)28-9-8-18-36(23-28)29-10-7-11-30(21-29)40-33(5,6)32(39)35-19-16-34-17-20-35/h7,10-15,21,24-25,28,34H,8-9,16-20,22-23H2,1-6H3/t28-/m0/s1. The number of carbonyl (C=O) groups is 2. The van der Waals surface area contributed by atoms with Gasteiger partial charge in [0.2, 0.25) is 5.91 Å². The first-order valence-corrected chi connectivity index (χ1v) is 15.0. The molecule has 0 radical (unpaired) electrons. The Hall–Kier alpha value is -3.06. The summed E-state index contributed by atoms with van der Waals surface area (Å²) in [5.41, 5.74) is 2.56. The van der Waals surface area contributed by atoms with Gasteiger partial charge in [0, 0.05) is 63.6 Å². The van der Waals surface area contributed by atoms with E-state index in [2.05, 4.69) is 68.2 Å². The van der Waals surface area contributed by atoms with Crippen molar-refractivity contribution in [1.29, 1.82) is 0 Å². The maximum atomic E-state index is 13.8. The molecule has 2 saturated heterocycles. The average molecular weight is 549 g/mol. The first-order valence-electron chi connectivity index (χ1n) is 15.0. The first kappa shape index (κ1) is 29.9. The number of hydrogen-bond acceptors (Lipinski definition) is 5. The lowest BCUT2D eigenvalue weighted by atomic mass is 9.95. The number of anilines is 1. The van der Waals surface area contributed by atoms with Crippen molar-refractivity contribution in [3.63, 3.8) is 0 Å². The lowest BCUT2D eigenvalue weighted by Crippen LogP contribution is -2.54. The van der Waals surface area contributed by atoms with Gasteiger partial charge in [-0.1, -0.05) is 44.2 Å². The van der Waals surface area contributed by atoms with Gasteiger partial charge >= 0.3 is 0 Å². The molecule has 1 N–H and O–H groups in total. The van der Waals surface area contributed by atoms with Gasteiger partial charge in [0.1, 0.15) is 5.75 Å². The summed E-state index contributed by atoms with van der Waals surface area (Å²) in [6.45, 7) is 17.5. The maximum Gasteiger partial charge on any atom is 0.266 e. The minimum Gasteiger partial charge on any atom is -0.478 e. The molecule has 2 aliphatic rings. The minimum absolute atomic E-state index is 0.00987. The van der Waals surface area contributed by atoms with Crippen LogP contribution in [0.1, 0.15) is 71.4 Å². The van der Waals surface area contributed by atoms with Crippen LogP contribution in [0, 0.1) is 5.92 Å². The SMILES string of the molecule is CC(C)c1ccc(CN(C(=O)[C@H]2CCCN(c3cccc(OC(C)(C)C(=O)N4CCNCC4)c3)C2)C(C)C)cc1. The van der Waals surface area contributed by atoms with Crippen LogP contribution in [-0.2, 0) is 16.1 Å². The first-order chi connectivity index (χ1) is 19.0. The number of carbonyl (C=O) groups excluding carboxylic acids is 2. The minimum atomic E-state index is -0.957. The van der Waals surface area contributed by atoms with Crippen LogP contribution in [0.25, 0.3) is 0 Å². The van der Waals surface area contributed by atoms with Gasteiger partial charge in [-0.15, -0.1) is 0 Å². The number of amides is 2. The average Bonchev–Trinajstić information content (AvgIpc) is 2.95. The topological polar surface area (TPSA) is 65.1 Å². The van der Waals surface area contributed by atoms with Crippen LogP contribution in [0.4, 0.5) is 5.69 Å². The van der Waals surface area contributed by atoms with Crippen LogP contribution in [-0.4, -0.2) is 72.5 Å². The molecular formula is C33H48N4O3. The molecule has 0 aliphatic carbocycles. The normalized spacial score (nSPS) is 18.2. The summed E-state index contributed by atoms with van der Waals surface area (Å²) in [7, 11) is 0. The van der Waals surface area contributed by atoms with Crippen molar-refractivity contribution in [3.8, 4) is 5.75 Å². The Labute approximate surface area is 240 Å². The highest BCUT2D eigenvalue weighted by Gasteiger charge is 2.35. The molecular weight excluding hydrogens is 500 g/mol. The van der Waals surface area contributed by atoms with Gasteiger partial charge in [0.15, 0.2) is 5.60 Å². The number of hydrogen-bond donors (Lipinski definition) is 1.